The molecule has 0 saturated heterocycles. The molecule has 92 valence electrons. The minimum Gasteiger partial charge on any atom is -0.492 e. The fourth-order valence-corrected chi connectivity index (χ4v) is 2.42. The van der Waals surface area contributed by atoms with E-state index in [9.17, 15) is 0 Å². The molecule has 2 rings (SSSR count). The number of terminal acetylenes is 1. The molecular formula is C16H18OSi. The number of aryl methyl sites for hydroxylation is 1. The first-order valence-corrected chi connectivity index (χ1v) is 9.79. The zero-order valence-electron chi connectivity index (χ0n) is 11.3. The predicted molar refractivity (Wildman–Crippen MR) is 78.4 cm³/mol. The third kappa shape index (κ3) is 2.97. The second kappa shape index (κ2) is 4.92. The Bertz CT molecular complexity index is 562. The summed E-state index contributed by atoms with van der Waals surface area (Å²) in [5.74, 6) is 6.93. The Balaban J connectivity index is 2.51. The number of ether oxygens (including phenoxy) is 1. The molecule has 0 unspecified atom stereocenters. The molecule has 0 saturated carbocycles. The summed E-state index contributed by atoms with van der Waals surface area (Å²) in [5, 5.41) is 0. The van der Waals surface area contributed by atoms with Crippen molar-refractivity contribution in [3.63, 3.8) is 0 Å². The van der Waals surface area contributed by atoms with E-state index >= 15 is 0 Å². The summed E-state index contributed by atoms with van der Waals surface area (Å²) in [6, 6.07) is 4.02. The summed E-state index contributed by atoms with van der Waals surface area (Å²) in [6.45, 7) is 7.49. The van der Waals surface area contributed by atoms with Crippen LogP contribution in [0.25, 0.3) is 0 Å². The lowest BCUT2D eigenvalue weighted by atomic mass is 9.99. The molecule has 0 amide bonds. The van der Waals surface area contributed by atoms with Gasteiger partial charge in [-0.15, -0.1) is 12.0 Å². The average Bonchev–Trinajstić information content (AvgIpc) is 2.34. The molecule has 0 bridgehead atoms. The highest BCUT2D eigenvalue weighted by atomic mass is 28.3. The lowest BCUT2D eigenvalue weighted by Crippen LogP contribution is -2.16. The number of rotatable bonds is 0. The van der Waals surface area contributed by atoms with E-state index in [1.165, 1.54) is 5.56 Å². The largest absolute Gasteiger partial charge is 0.492 e. The van der Waals surface area contributed by atoms with E-state index in [1.54, 1.807) is 0 Å². The van der Waals surface area contributed by atoms with E-state index in [-0.39, 0.29) is 0 Å². The average molecular weight is 254 g/mol. The van der Waals surface area contributed by atoms with Crippen molar-refractivity contribution in [1.82, 2.24) is 0 Å². The van der Waals surface area contributed by atoms with Gasteiger partial charge in [0.2, 0.25) is 0 Å². The Morgan fingerprint density at radius 2 is 2.06 bits per heavy atom. The number of hydrogen-bond acceptors (Lipinski definition) is 1. The van der Waals surface area contributed by atoms with Crippen molar-refractivity contribution in [2.75, 3.05) is 6.61 Å². The number of hydrogen-bond donors (Lipinski definition) is 0. The van der Waals surface area contributed by atoms with Gasteiger partial charge in [-0.1, -0.05) is 31.5 Å². The van der Waals surface area contributed by atoms with Gasteiger partial charge in [0.25, 0.3) is 0 Å². The maximum atomic E-state index is 5.76. The fraction of sp³-hybridized carbons (Fsp3) is 0.375. The summed E-state index contributed by atoms with van der Waals surface area (Å²) in [6.07, 6.45) is 7.60. The van der Waals surface area contributed by atoms with Gasteiger partial charge in [-0.2, -0.15) is 0 Å². The van der Waals surface area contributed by atoms with Crippen LogP contribution in [-0.2, 0) is 6.42 Å². The summed E-state index contributed by atoms with van der Waals surface area (Å²) in [4.78, 5) is 0. The standard InChI is InChI=1S/C16H18OSi/c1-5-13-11-14-7-6-9-17-16(14)15(12-13)8-10-18(2,3)4/h1,11-12H,6-7,9H2,2-4H3. The molecule has 0 atom stereocenters. The predicted octanol–water partition coefficient (Wildman–Crippen LogP) is 3.22. The van der Waals surface area contributed by atoms with Crippen molar-refractivity contribution in [3.8, 4) is 29.6 Å². The van der Waals surface area contributed by atoms with Crippen LogP contribution < -0.4 is 4.74 Å². The number of benzene rings is 1. The molecule has 1 aromatic carbocycles. The smallest absolute Gasteiger partial charge is 0.138 e. The highest BCUT2D eigenvalue weighted by Crippen LogP contribution is 2.30. The first-order chi connectivity index (χ1) is 8.49. The van der Waals surface area contributed by atoms with Crippen LogP contribution in [0.4, 0.5) is 0 Å². The number of fused-ring (bicyclic) bond motifs is 1. The molecule has 18 heavy (non-hydrogen) atoms. The first-order valence-electron chi connectivity index (χ1n) is 6.29. The lowest BCUT2D eigenvalue weighted by molar-refractivity contribution is 0.287. The highest BCUT2D eigenvalue weighted by Gasteiger charge is 2.15. The van der Waals surface area contributed by atoms with Gasteiger partial charge in [0.05, 0.1) is 12.2 Å². The van der Waals surface area contributed by atoms with Crippen molar-refractivity contribution >= 4 is 8.07 Å². The minimum absolute atomic E-state index is 0.782. The molecule has 0 radical (unpaired) electrons. The topological polar surface area (TPSA) is 9.23 Å². The van der Waals surface area contributed by atoms with Crippen LogP contribution >= 0.6 is 0 Å². The van der Waals surface area contributed by atoms with E-state index in [4.69, 9.17) is 11.2 Å². The van der Waals surface area contributed by atoms with E-state index in [0.29, 0.717) is 0 Å². The van der Waals surface area contributed by atoms with Crippen molar-refractivity contribution in [3.05, 3.63) is 28.8 Å². The Hall–Kier alpha value is -1.64. The van der Waals surface area contributed by atoms with Gasteiger partial charge in [0, 0.05) is 5.56 Å². The molecule has 0 fully saturated rings. The van der Waals surface area contributed by atoms with Crippen LogP contribution in [0, 0.1) is 23.8 Å². The summed E-state index contributed by atoms with van der Waals surface area (Å²) in [7, 11) is -1.38. The maximum absolute atomic E-state index is 5.76. The van der Waals surface area contributed by atoms with Gasteiger partial charge < -0.3 is 4.74 Å². The summed E-state index contributed by atoms with van der Waals surface area (Å²) in [5.41, 5.74) is 6.45. The third-order valence-electron chi connectivity index (χ3n) is 2.74. The van der Waals surface area contributed by atoms with Crippen molar-refractivity contribution in [2.24, 2.45) is 0 Å². The molecule has 1 heterocycles. The van der Waals surface area contributed by atoms with E-state index in [0.717, 1.165) is 36.3 Å². The maximum Gasteiger partial charge on any atom is 0.138 e. The molecule has 0 spiro atoms. The summed E-state index contributed by atoms with van der Waals surface area (Å²) < 4.78 is 5.76. The Morgan fingerprint density at radius 3 is 2.72 bits per heavy atom. The summed E-state index contributed by atoms with van der Waals surface area (Å²) >= 11 is 0. The second-order valence-corrected chi connectivity index (χ2v) is 10.4. The third-order valence-corrected chi connectivity index (χ3v) is 3.62. The van der Waals surface area contributed by atoms with Gasteiger partial charge in [-0.25, -0.2) is 0 Å². The normalized spacial score (nSPS) is 13.7. The van der Waals surface area contributed by atoms with Crippen LogP contribution in [0.15, 0.2) is 12.1 Å². The van der Waals surface area contributed by atoms with E-state index in [2.05, 4.69) is 37.0 Å². The van der Waals surface area contributed by atoms with Crippen molar-refractivity contribution in [1.29, 1.82) is 0 Å². The van der Waals surface area contributed by atoms with Crippen molar-refractivity contribution < 1.29 is 4.74 Å². The molecule has 1 aliphatic rings. The zero-order valence-corrected chi connectivity index (χ0v) is 12.3. The quantitative estimate of drug-likeness (QED) is 0.510. The Labute approximate surface area is 111 Å². The minimum atomic E-state index is -1.38. The fourth-order valence-electron chi connectivity index (χ4n) is 1.91. The zero-order chi connectivity index (χ0) is 13.2. The van der Waals surface area contributed by atoms with E-state index < -0.39 is 8.07 Å². The molecule has 0 N–H and O–H groups in total. The van der Waals surface area contributed by atoms with Gasteiger partial charge >= 0.3 is 0 Å². The van der Waals surface area contributed by atoms with Crippen LogP contribution in [0.2, 0.25) is 19.6 Å². The Morgan fingerprint density at radius 1 is 1.28 bits per heavy atom. The van der Waals surface area contributed by atoms with Gasteiger partial charge in [0.15, 0.2) is 0 Å². The van der Waals surface area contributed by atoms with Gasteiger partial charge in [0.1, 0.15) is 13.8 Å². The van der Waals surface area contributed by atoms with Crippen molar-refractivity contribution in [2.45, 2.75) is 32.5 Å². The van der Waals surface area contributed by atoms with Crippen LogP contribution in [0.1, 0.15) is 23.1 Å². The molecule has 2 heteroatoms. The molecule has 1 aromatic rings. The molecule has 1 aliphatic heterocycles. The van der Waals surface area contributed by atoms with Crippen LogP contribution in [0.5, 0.6) is 5.75 Å². The van der Waals surface area contributed by atoms with Gasteiger partial charge in [-0.05, 0) is 30.5 Å². The second-order valence-electron chi connectivity index (χ2n) is 5.61. The highest BCUT2D eigenvalue weighted by molar-refractivity contribution is 6.83. The van der Waals surface area contributed by atoms with Gasteiger partial charge in [-0.3, -0.25) is 0 Å². The monoisotopic (exact) mass is 254 g/mol. The SMILES string of the molecule is C#Cc1cc(C#C[Si](C)(C)C)c2c(c1)CCCO2. The molecule has 1 nitrogen and oxygen atoms in total. The van der Waals surface area contributed by atoms with Crippen LogP contribution in [-0.4, -0.2) is 14.7 Å². The van der Waals surface area contributed by atoms with Crippen LogP contribution in [0.3, 0.4) is 0 Å². The molecule has 0 aliphatic carbocycles. The molecular weight excluding hydrogens is 236 g/mol. The first kappa shape index (κ1) is 12.8. The molecule has 0 aromatic heterocycles. The Kier molecular flexibility index (Phi) is 3.50. The lowest BCUT2D eigenvalue weighted by Gasteiger charge is -2.19. The van der Waals surface area contributed by atoms with E-state index in [1.807, 2.05) is 12.1 Å².